The van der Waals surface area contributed by atoms with Gasteiger partial charge in [-0.1, -0.05) is 0 Å². The Labute approximate surface area is 146 Å². The summed E-state index contributed by atoms with van der Waals surface area (Å²) in [5.74, 6) is 4.90. The number of hydrogen-bond donors (Lipinski definition) is 5. The van der Waals surface area contributed by atoms with Crippen molar-refractivity contribution in [2.75, 3.05) is 19.8 Å². The second-order valence-electron chi connectivity index (χ2n) is 5.53. The molecule has 148 valence electrons. The van der Waals surface area contributed by atoms with Gasteiger partial charge in [-0.15, -0.1) is 0 Å². The lowest BCUT2D eigenvalue weighted by molar-refractivity contribution is -0.0845. The number of aliphatic hydroxyl groups is 1. The second kappa shape index (κ2) is 8.52. The molecule has 1 aromatic heterocycles. The first-order valence-electron chi connectivity index (χ1n) is 7.43. The SMILES string of the molecule is Cc1cn([C@@H]2O[C@H](COP(=O)(O)O)[C@@H](O)[C@H]2OCCON)c(=O)[nH]c1=O. The molecule has 0 saturated carbocycles. The number of nitrogens with two attached hydrogens (primary N) is 1. The number of aryl methyl sites for hydroxylation is 1. The van der Waals surface area contributed by atoms with E-state index in [9.17, 15) is 19.3 Å². The Morgan fingerprint density at radius 3 is 2.69 bits per heavy atom. The minimum Gasteiger partial charge on any atom is -0.387 e. The fourth-order valence-electron chi connectivity index (χ4n) is 2.44. The number of ether oxygens (including phenoxy) is 2. The van der Waals surface area contributed by atoms with Crippen molar-refractivity contribution < 1.29 is 38.3 Å². The summed E-state index contributed by atoms with van der Waals surface area (Å²) in [6.07, 6.45) is -3.66. The molecule has 1 aromatic rings. The Balaban J connectivity index is 2.28. The van der Waals surface area contributed by atoms with Gasteiger partial charge in [-0.2, -0.15) is 0 Å². The highest BCUT2D eigenvalue weighted by Crippen LogP contribution is 2.38. The number of phosphoric acid groups is 1. The van der Waals surface area contributed by atoms with Crippen LogP contribution in [0.1, 0.15) is 11.8 Å². The van der Waals surface area contributed by atoms with Crippen molar-refractivity contribution in [3.05, 3.63) is 32.6 Å². The maximum Gasteiger partial charge on any atom is 0.469 e. The molecule has 14 heteroatoms. The van der Waals surface area contributed by atoms with Crippen LogP contribution in [0, 0.1) is 6.92 Å². The summed E-state index contributed by atoms with van der Waals surface area (Å²) in [5.41, 5.74) is -1.18. The predicted molar refractivity (Wildman–Crippen MR) is 83.9 cm³/mol. The Hall–Kier alpha value is -1.41. The van der Waals surface area contributed by atoms with Crippen LogP contribution in [0.4, 0.5) is 0 Å². The van der Waals surface area contributed by atoms with Gasteiger partial charge in [-0.05, 0) is 6.92 Å². The summed E-state index contributed by atoms with van der Waals surface area (Å²) in [6.45, 7) is 0.749. The second-order valence-corrected chi connectivity index (χ2v) is 6.77. The molecule has 0 bridgehead atoms. The van der Waals surface area contributed by atoms with E-state index in [2.05, 4.69) is 14.3 Å². The number of nitrogens with one attached hydrogen (secondary N) is 1. The van der Waals surface area contributed by atoms with Crippen LogP contribution in [0.15, 0.2) is 15.8 Å². The first kappa shape index (κ1) is 20.9. The van der Waals surface area contributed by atoms with Gasteiger partial charge in [0.15, 0.2) is 6.23 Å². The number of aromatic nitrogens is 2. The van der Waals surface area contributed by atoms with Gasteiger partial charge < -0.3 is 29.2 Å². The summed E-state index contributed by atoms with van der Waals surface area (Å²) in [4.78, 5) is 47.6. The zero-order valence-electron chi connectivity index (χ0n) is 13.7. The molecule has 0 unspecified atom stereocenters. The number of rotatable bonds is 8. The molecule has 4 atom stereocenters. The number of hydrogen-bond acceptors (Lipinski definition) is 9. The molecular formula is C12H20N3O10P. The fraction of sp³-hybridized carbons (Fsp3) is 0.667. The third kappa shape index (κ3) is 5.07. The molecule has 1 aliphatic rings. The lowest BCUT2D eigenvalue weighted by Gasteiger charge is -2.22. The van der Waals surface area contributed by atoms with Crippen LogP contribution >= 0.6 is 7.82 Å². The summed E-state index contributed by atoms with van der Waals surface area (Å²) in [6, 6.07) is 0. The first-order valence-corrected chi connectivity index (χ1v) is 8.96. The molecule has 2 heterocycles. The highest BCUT2D eigenvalue weighted by atomic mass is 31.2. The van der Waals surface area contributed by atoms with Gasteiger partial charge >= 0.3 is 13.5 Å². The zero-order valence-corrected chi connectivity index (χ0v) is 14.6. The summed E-state index contributed by atoms with van der Waals surface area (Å²) >= 11 is 0. The highest BCUT2D eigenvalue weighted by Gasteiger charge is 2.46. The zero-order chi connectivity index (χ0) is 19.5. The molecule has 0 spiro atoms. The Bertz CT molecular complexity index is 773. The van der Waals surface area contributed by atoms with E-state index in [0.717, 1.165) is 4.57 Å². The number of aromatic amines is 1. The van der Waals surface area contributed by atoms with Gasteiger partial charge in [0.2, 0.25) is 0 Å². The van der Waals surface area contributed by atoms with Crippen molar-refractivity contribution in [3.63, 3.8) is 0 Å². The average Bonchev–Trinajstić information content (AvgIpc) is 2.85. The highest BCUT2D eigenvalue weighted by molar-refractivity contribution is 7.46. The van der Waals surface area contributed by atoms with E-state index in [-0.39, 0.29) is 18.8 Å². The molecule has 1 fully saturated rings. The predicted octanol–water partition coefficient (Wildman–Crippen LogP) is -2.51. The fourth-order valence-corrected chi connectivity index (χ4v) is 2.78. The maximum absolute atomic E-state index is 12.1. The first-order chi connectivity index (χ1) is 12.1. The Morgan fingerprint density at radius 2 is 2.08 bits per heavy atom. The quantitative estimate of drug-likeness (QED) is 0.176. The Morgan fingerprint density at radius 1 is 1.38 bits per heavy atom. The summed E-state index contributed by atoms with van der Waals surface area (Å²) in [7, 11) is -4.79. The molecule has 13 nitrogen and oxygen atoms in total. The van der Waals surface area contributed by atoms with E-state index >= 15 is 0 Å². The van der Waals surface area contributed by atoms with Gasteiger partial charge in [-0.25, -0.2) is 15.3 Å². The van der Waals surface area contributed by atoms with Crippen LogP contribution in [0.2, 0.25) is 0 Å². The van der Waals surface area contributed by atoms with Crippen molar-refractivity contribution in [1.29, 1.82) is 0 Å². The molecule has 0 aromatic carbocycles. The lowest BCUT2D eigenvalue weighted by atomic mass is 10.1. The number of nitrogens with zero attached hydrogens (tertiary/aromatic N) is 1. The van der Waals surface area contributed by atoms with Gasteiger partial charge in [0, 0.05) is 11.8 Å². The van der Waals surface area contributed by atoms with Crippen molar-refractivity contribution in [2.24, 2.45) is 5.90 Å². The van der Waals surface area contributed by atoms with Gasteiger partial charge in [-0.3, -0.25) is 18.9 Å². The van der Waals surface area contributed by atoms with E-state index in [1.165, 1.54) is 13.1 Å². The van der Waals surface area contributed by atoms with E-state index < -0.39 is 50.2 Å². The van der Waals surface area contributed by atoms with E-state index in [4.69, 9.17) is 25.2 Å². The summed E-state index contributed by atoms with van der Waals surface area (Å²) < 4.78 is 27.1. The topological polar surface area (TPSA) is 196 Å². The molecular weight excluding hydrogens is 377 g/mol. The van der Waals surface area contributed by atoms with Crippen molar-refractivity contribution in [3.8, 4) is 0 Å². The Kier molecular flexibility index (Phi) is 6.85. The van der Waals surface area contributed by atoms with Crippen LogP contribution in [-0.2, 0) is 23.4 Å². The molecule has 0 aliphatic carbocycles. The molecule has 1 saturated heterocycles. The monoisotopic (exact) mass is 397 g/mol. The van der Waals surface area contributed by atoms with Crippen LogP contribution in [0.25, 0.3) is 0 Å². The van der Waals surface area contributed by atoms with Gasteiger partial charge in [0.05, 0.1) is 19.8 Å². The minimum atomic E-state index is -4.79. The molecule has 26 heavy (non-hydrogen) atoms. The number of aliphatic hydroxyl groups excluding tert-OH is 1. The molecule has 2 rings (SSSR count). The lowest BCUT2D eigenvalue weighted by Crippen LogP contribution is -2.40. The molecule has 0 radical (unpaired) electrons. The minimum absolute atomic E-state index is 0.0147. The van der Waals surface area contributed by atoms with Crippen molar-refractivity contribution in [1.82, 2.24) is 9.55 Å². The third-order valence-electron chi connectivity index (χ3n) is 3.65. The average molecular weight is 397 g/mol. The number of phosphoric ester groups is 1. The molecule has 6 N–H and O–H groups in total. The molecule has 0 amide bonds. The van der Waals surface area contributed by atoms with Crippen molar-refractivity contribution >= 4 is 7.82 Å². The molecule has 1 aliphatic heterocycles. The largest absolute Gasteiger partial charge is 0.469 e. The van der Waals surface area contributed by atoms with E-state index in [1.807, 2.05) is 0 Å². The van der Waals surface area contributed by atoms with Crippen molar-refractivity contribution in [2.45, 2.75) is 31.5 Å². The van der Waals surface area contributed by atoms with Crippen LogP contribution in [0.5, 0.6) is 0 Å². The van der Waals surface area contributed by atoms with Gasteiger partial charge in [0.1, 0.15) is 18.3 Å². The van der Waals surface area contributed by atoms with Crippen LogP contribution in [0.3, 0.4) is 0 Å². The van der Waals surface area contributed by atoms with Crippen LogP contribution < -0.4 is 17.1 Å². The van der Waals surface area contributed by atoms with Gasteiger partial charge in [0.25, 0.3) is 5.56 Å². The van der Waals surface area contributed by atoms with E-state index in [1.54, 1.807) is 0 Å². The smallest absolute Gasteiger partial charge is 0.387 e. The van der Waals surface area contributed by atoms with Crippen LogP contribution in [-0.4, -0.2) is 62.6 Å². The summed E-state index contributed by atoms with van der Waals surface area (Å²) in [5, 5.41) is 10.3. The van der Waals surface area contributed by atoms with E-state index in [0.29, 0.717) is 0 Å². The number of H-pyrrole nitrogens is 1. The standard InChI is InChI=1S/C12H20N3O10P/c1-6-4-15(12(18)14-10(6)17)11-9(22-2-3-23-13)8(16)7(25-11)5-24-26(19,20)21/h4,7-9,11,16H,2-3,5,13H2,1H3,(H,14,17,18)(H2,19,20,21)/t7-,8-,9-,11-/m1/s1. The third-order valence-corrected chi connectivity index (χ3v) is 4.14. The maximum atomic E-state index is 12.1. The normalized spacial score (nSPS) is 26.3.